The molecule has 2 aliphatic carbocycles. The number of nitrogens with zero attached hydrogens (tertiary/aromatic N) is 1. The number of thiophene rings is 1. The van der Waals surface area contributed by atoms with Gasteiger partial charge in [-0.2, -0.15) is 0 Å². The minimum Gasteiger partial charge on any atom is -0.355 e. The highest BCUT2D eigenvalue weighted by Gasteiger charge is 2.40. The molecule has 10 aromatic rings. The molecule has 0 saturated carbocycles. The Bertz CT molecular complexity index is 3770. The van der Waals surface area contributed by atoms with Gasteiger partial charge in [-0.1, -0.05) is 172 Å². The van der Waals surface area contributed by atoms with E-state index in [1.807, 2.05) is 11.3 Å². The molecule has 0 spiro atoms. The van der Waals surface area contributed by atoms with Crippen molar-refractivity contribution in [2.24, 2.45) is 0 Å². The zero-order valence-electron chi connectivity index (χ0n) is 39.7. The molecule has 1 radical (unpaired) electrons. The van der Waals surface area contributed by atoms with Gasteiger partial charge in [0.15, 0.2) is 7.28 Å². The zero-order valence-corrected chi connectivity index (χ0v) is 40.5. The molecule has 0 unspecified atom stereocenters. The smallest absolute Gasteiger partial charge is 0.197 e. The van der Waals surface area contributed by atoms with E-state index in [1.54, 1.807) is 0 Å². The van der Waals surface area contributed by atoms with Gasteiger partial charge in [0.05, 0.1) is 5.52 Å². The molecule has 66 heavy (non-hydrogen) atoms. The van der Waals surface area contributed by atoms with Crippen molar-refractivity contribution in [3.8, 4) is 39.1 Å². The van der Waals surface area contributed by atoms with Crippen LogP contribution >= 0.6 is 11.3 Å². The van der Waals surface area contributed by atoms with Gasteiger partial charge >= 0.3 is 0 Å². The van der Waals surface area contributed by atoms with Crippen molar-refractivity contribution in [1.29, 1.82) is 0 Å². The van der Waals surface area contributed by atoms with Crippen LogP contribution in [0.3, 0.4) is 0 Å². The van der Waals surface area contributed by atoms with Crippen molar-refractivity contribution in [2.45, 2.75) is 90.9 Å². The third-order valence-corrected chi connectivity index (χ3v) is 16.9. The molecule has 1 N–H and O–H groups in total. The van der Waals surface area contributed by atoms with E-state index in [-0.39, 0.29) is 21.7 Å². The number of nitrogens with one attached hydrogen (secondary N) is 1. The predicted molar refractivity (Wildman–Crippen MR) is 286 cm³/mol. The van der Waals surface area contributed by atoms with Crippen molar-refractivity contribution < 1.29 is 0 Å². The number of benzene rings is 8. The van der Waals surface area contributed by atoms with Crippen LogP contribution in [0.15, 0.2) is 140 Å². The van der Waals surface area contributed by atoms with Crippen LogP contribution in [-0.2, 0) is 21.7 Å². The Morgan fingerprint density at radius 3 is 1.91 bits per heavy atom. The molecule has 0 fully saturated rings. The number of anilines is 2. The van der Waals surface area contributed by atoms with Gasteiger partial charge < -0.3 is 9.88 Å². The number of fused-ring (bicyclic) bond motifs is 15. The zero-order chi connectivity index (χ0) is 45.4. The van der Waals surface area contributed by atoms with Gasteiger partial charge in [-0.15, -0.1) is 11.3 Å². The Morgan fingerprint density at radius 2 is 1.17 bits per heavy atom. The molecule has 321 valence electrons. The second kappa shape index (κ2) is 13.2. The molecule has 3 aliphatic rings. The van der Waals surface area contributed by atoms with Gasteiger partial charge in [0.2, 0.25) is 0 Å². The van der Waals surface area contributed by atoms with Crippen molar-refractivity contribution in [1.82, 2.24) is 4.57 Å². The third kappa shape index (κ3) is 5.43. The van der Waals surface area contributed by atoms with Crippen molar-refractivity contribution in [3.05, 3.63) is 173 Å². The summed E-state index contributed by atoms with van der Waals surface area (Å²) >= 11 is 1.91. The molecule has 0 atom stereocenters. The predicted octanol–water partition coefficient (Wildman–Crippen LogP) is 15.7. The topological polar surface area (TPSA) is 17.0 Å². The van der Waals surface area contributed by atoms with Gasteiger partial charge in [0, 0.05) is 69.9 Å². The van der Waals surface area contributed by atoms with E-state index in [2.05, 4.69) is 226 Å². The second-order valence-electron chi connectivity index (χ2n) is 22.5. The van der Waals surface area contributed by atoms with Gasteiger partial charge in [-0.3, -0.25) is 0 Å². The summed E-state index contributed by atoms with van der Waals surface area (Å²) in [6.07, 6.45) is 0. The first-order valence-corrected chi connectivity index (χ1v) is 24.6. The Kier molecular flexibility index (Phi) is 7.97. The fraction of sp³-hybridized carbons (Fsp3) is 0.226. The van der Waals surface area contributed by atoms with Gasteiger partial charge in [0.25, 0.3) is 0 Å². The van der Waals surface area contributed by atoms with E-state index in [4.69, 9.17) is 0 Å². The Labute approximate surface area is 393 Å². The van der Waals surface area contributed by atoms with E-state index >= 15 is 0 Å². The monoisotopic (exact) mass is 869 g/mol. The van der Waals surface area contributed by atoms with E-state index < -0.39 is 0 Å². The maximum absolute atomic E-state index is 3.99. The van der Waals surface area contributed by atoms with Crippen molar-refractivity contribution in [2.75, 3.05) is 5.32 Å². The Balaban J connectivity index is 1.12. The highest BCUT2D eigenvalue weighted by atomic mass is 32.1. The average Bonchev–Trinajstić information content (AvgIpc) is 3.96. The highest BCUT2D eigenvalue weighted by Crippen LogP contribution is 2.55. The first-order chi connectivity index (χ1) is 31.5. The molecule has 0 saturated heterocycles. The van der Waals surface area contributed by atoms with E-state index in [0.29, 0.717) is 0 Å². The van der Waals surface area contributed by atoms with Crippen LogP contribution in [-0.4, -0.2) is 11.8 Å². The summed E-state index contributed by atoms with van der Waals surface area (Å²) in [4.78, 5) is 0. The summed E-state index contributed by atoms with van der Waals surface area (Å²) in [5.41, 5.74) is 24.6. The molecular formula is C62H54BN2S. The van der Waals surface area contributed by atoms with Crippen LogP contribution < -0.4 is 16.2 Å². The van der Waals surface area contributed by atoms with E-state index in [1.165, 1.54) is 125 Å². The summed E-state index contributed by atoms with van der Waals surface area (Å²) in [5.74, 6) is 0. The fourth-order valence-electron chi connectivity index (χ4n) is 12.1. The van der Waals surface area contributed by atoms with Crippen LogP contribution in [0.4, 0.5) is 11.4 Å². The lowest BCUT2D eigenvalue weighted by Gasteiger charge is -2.27. The van der Waals surface area contributed by atoms with Crippen molar-refractivity contribution in [3.63, 3.8) is 0 Å². The largest absolute Gasteiger partial charge is 0.355 e. The molecule has 13 rings (SSSR count). The van der Waals surface area contributed by atoms with E-state index in [9.17, 15) is 0 Å². The molecule has 0 amide bonds. The number of hydrogen-bond donors (Lipinski definition) is 1. The Hall–Kier alpha value is -6.36. The molecule has 4 heteroatoms. The first-order valence-electron chi connectivity index (χ1n) is 23.8. The molecule has 2 aromatic heterocycles. The maximum atomic E-state index is 3.99. The lowest BCUT2D eigenvalue weighted by atomic mass is 9.58. The highest BCUT2D eigenvalue weighted by molar-refractivity contribution is 7.25. The quantitative estimate of drug-likeness (QED) is 0.175. The number of rotatable bonds is 3. The normalized spacial score (nSPS) is 15.2. The van der Waals surface area contributed by atoms with Gasteiger partial charge in [-0.05, 0) is 120 Å². The molecule has 0 bridgehead atoms. The van der Waals surface area contributed by atoms with Crippen LogP contribution in [0.1, 0.15) is 103 Å². The average molecular weight is 870 g/mol. The second-order valence-corrected chi connectivity index (χ2v) is 23.6. The van der Waals surface area contributed by atoms with Crippen molar-refractivity contribution >= 4 is 82.9 Å². The van der Waals surface area contributed by atoms with E-state index in [0.717, 1.165) is 11.4 Å². The maximum Gasteiger partial charge on any atom is 0.197 e. The van der Waals surface area contributed by atoms with Crippen LogP contribution in [0.25, 0.3) is 81.0 Å². The molecule has 3 heterocycles. The SMILES string of the molecule is CC(C)(C)c1ccc(Nc2cc3sc4cc(C(C)(C)C)ccc4c3cc2-c2ccc3c4c5c(ccc4n4c3c2[B]c2cc3c(cc2-4)-c2ccccc2C3(C)C)C(C)(C)c2ccccc2-5)cc1. The lowest BCUT2D eigenvalue weighted by molar-refractivity contribution is 0.590. The van der Waals surface area contributed by atoms with Crippen LogP contribution in [0, 0.1) is 0 Å². The summed E-state index contributed by atoms with van der Waals surface area (Å²) in [7, 11) is 2.52. The van der Waals surface area contributed by atoms with Gasteiger partial charge in [-0.25, -0.2) is 0 Å². The summed E-state index contributed by atoms with van der Waals surface area (Å²) in [5, 5.41) is 9.27. The number of hydrogen-bond acceptors (Lipinski definition) is 2. The molecular weight excluding hydrogens is 816 g/mol. The molecule has 2 nitrogen and oxygen atoms in total. The molecule has 1 aliphatic heterocycles. The van der Waals surface area contributed by atoms with Crippen LogP contribution in [0.2, 0.25) is 0 Å². The summed E-state index contributed by atoms with van der Waals surface area (Å²) < 4.78 is 5.26. The summed E-state index contributed by atoms with van der Waals surface area (Å²) in [6, 6.07) is 54.0. The number of aromatic nitrogens is 1. The first kappa shape index (κ1) is 40.0. The third-order valence-electron chi connectivity index (χ3n) is 15.7. The minimum atomic E-state index is -0.115. The van der Waals surface area contributed by atoms with Crippen LogP contribution in [0.5, 0.6) is 0 Å². The summed E-state index contributed by atoms with van der Waals surface area (Å²) in [6.45, 7) is 23.4. The standard InChI is InChI=1S/C62H54BN2S/c1-59(2,3)34-19-22-36(23-20-34)64-50-33-54-44(38-24-21-35(60(4,5)6)29-53(38)66-54)30-43(50)39-25-26-41-56-51(28-27-47-55(56)40-16-12-14-18-46(40)61(47,7)8)65-52-31-42-37-15-11-13-17-45(37)62(9,10)48(42)32-49(52)63-57(39)58(41)65/h11-33,64H,1-10H3. The lowest BCUT2D eigenvalue weighted by Crippen LogP contribution is -2.38. The van der Waals surface area contributed by atoms with Gasteiger partial charge in [0.1, 0.15) is 0 Å². The fourth-order valence-corrected chi connectivity index (χ4v) is 13.3. The molecule has 8 aromatic carbocycles. The Morgan fingerprint density at radius 1 is 0.515 bits per heavy atom. The minimum absolute atomic E-state index is 0.0696.